The predicted molar refractivity (Wildman–Crippen MR) is 60.5 cm³/mol. The van der Waals surface area contributed by atoms with Crippen LogP contribution in [0.25, 0.3) is 0 Å². The number of hydrogen-bond acceptors (Lipinski definition) is 3. The van der Waals surface area contributed by atoms with Crippen molar-refractivity contribution >= 4 is 11.9 Å². The van der Waals surface area contributed by atoms with Crippen LogP contribution in [0.1, 0.15) is 27.2 Å². The van der Waals surface area contributed by atoms with E-state index in [9.17, 15) is 9.59 Å². The molecule has 1 aliphatic heterocycles. The highest BCUT2D eigenvalue weighted by Crippen LogP contribution is 2.33. The average Bonchev–Trinajstić information content (AvgIpc) is 2.66. The highest BCUT2D eigenvalue weighted by molar-refractivity contribution is 5.87. The first-order chi connectivity index (χ1) is 7.56. The van der Waals surface area contributed by atoms with Gasteiger partial charge in [0.15, 0.2) is 0 Å². The van der Waals surface area contributed by atoms with Crippen LogP contribution in [0.15, 0.2) is 23.4 Å². The number of carbonyl (C=O) groups is 2. The summed E-state index contributed by atoms with van der Waals surface area (Å²) in [6.07, 6.45) is 4.30. The summed E-state index contributed by atoms with van der Waals surface area (Å²) in [7, 11) is 1.34. The Morgan fingerprint density at radius 1 is 1.38 bits per heavy atom. The number of carbonyl (C=O) groups excluding carboxylic acids is 2. The van der Waals surface area contributed by atoms with Gasteiger partial charge in [0.05, 0.1) is 7.11 Å². The molecule has 1 amide bonds. The Morgan fingerprint density at radius 3 is 2.38 bits per heavy atom. The van der Waals surface area contributed by atoms with Crippen molar-refractivity contribution in [1.82, 2.24) is 4.90 Å². The summed E-state index contributed by atoms with van der Waals surface area (Å²) in [6.45, 7) is 5.21. The fourth-order valence-electron chi connectivity index (χ4n) is 2.03. The third-order valence-electron chi connectivity index (χ3n) is 2.75. The molecule has 4 nitrogen and oxygen atoms in total. The van der Waals surface area contributed by atoms with Crippen LogP contribution in [0.5, 0.6) is 0 Å². The van der Waals surface area contributed by atoms with Gasteiger partial charge in [0.1, 0.15) is 6.04 Å². The lowest BCUT2D eigenvalue weighted by Crippen LogP contribution is -2.38. The smallest absolute Gasteiger partial charge is 0.329 e. The minimum absolute atomic E-state index is 0.139. The van der Waals surface area contributed by atoms with E-state index >= 15 is 0 Å². The van der Waals surface area contributed by atoms with Gasteiger partial charge in [0, 0.05) is 19.0 Å². The van der Waals surface area contributed by atoms with Gasteiger partial charge in [-0.3, -0.25) is 9.69 Å². The zero-order valence-electron chi connectivity index (χ0n) is 10.1. The molecule has 1 fully saturated rings. The zero-order chi connectivity index (χ0) is 12.3. The van der Waals surface area contributed by atoms with E-state index in [-0.39, 0.29) is 11.9 Å². The highest BCUT2D eigenvalue weighted by atomic mass is 16.5. The van der Waals surface area contributed by atoms with Crippen molar-refractivity contribution in [2.24, 2.45) is 0 Å². The van der Waals surface area contributed by atoms with Gasteiger partial charge in [0.25, 0.3) is 0 Å². The van der Waals surface area contributed by atoms with Crippen molar-refractivity contribution in [2.45, 2.75) is 33.2 Å². The molecular weight excluding hydrogens is 206 g/mol. The Balaban J connectivity index is 3.14. The Kier molecular flexibility index (Phi) is 3.88. The Labute approximate surface area is 95.6 Å². The molecule has 16 heavy (non-hydrogen) atoms. The number of nitrogens with zero attached hydrogens (tertiary/aromatic N) is 1. The minimum Gasteiger partial charge on any atom is -0.467 e. The van der Waals surface area contributed by atoms with Gasteiger partial charge < -0.3 is 4.74 Å². The SMILES string of the molecule is C/C=C1/CC(C(=O)OC)N(C(C)=O)/C1=C/C. The number of ether oxygens (including phenoxy) is 1. The second-order valence-electron chi connectivity index (χ2n) is 3.62. The van der Waals surface area contributed by atoms with Crippen LogP contribution in [0, 0.1) is 0 Å². The lowest BCUT2D eigenvalue weighted by Gasteiger charge is -2.21. The van der Waals surface area contributed by atoms with Crippen LogP contribution < -0.4 is 0 Å². The van der Waals surface area contributed by atoms with E-state index in [1.807, 2.05) is 26.0 Å². The lowest BCUT2D eigenvalue weighted by molar-refractivity contribution is -0.149. The highest BCUT2D eigenvalue weighted by Gasteiger charge is 2.39. The Morgan fingerprint density at radius 2 is 2.00 bits per heavy atom. The second-order valence-corrected chi connectivity index (χ2v) is 3.62. The van der Waals surface area contributed by atoms with Crippen LogP contribution in [0.3, 0.4) is 0 Å². The van der Waals surface area contributed by atoms with E-state index in [0.29, 0.717) is 6.42 Å². The van der Waals surface area contributed by atoms with Crippen LogP contribution in [-0.2, 0) is 14.3 Å². The van der Waals surface area contributed by atoms with Crippen molar-refractivity contribution in [3.05, 3.63) is 23.4 Å². The predicted octanol–water partition coefficient (Wildman–Crippen LogP) is 1.63. The summed E-state index contributed by atoms with van der Waals surface area (Å²) in [5.74, 6) is -0.508. The molecule has 0 N–H and O–H groups in total. The lowest BCUT2D eigenvalue weighted by atomic mass is 10.1. The molecule has 1 heterocycles. The maximum atomic E-state index is 11.6. The van der Waals surface area contributed by atoms with E-state index in [2.05, 4.69) is 0 Å². The molecule has 0 saturated carbocycles. The van der Waals surface area contributed by atoms with Crippen molar-refractivity contribution in [3.63, 3.8) is 0 Å². The van der Waals surface area contributed by atoms with Gasteiger partial charge in [-0.05, 0) is 19.4 Å². The van der Waals surface area contributed by atoms with Crippen LogP contribution in [0.4, 0.5) is 0 Å². The number of hydrogen-bond donors (Lipinski definition) is 0. The summed E-state index contributed by atoms with van der Waals surface area (Å²) < 4.78 is 4.71. The molecule has 0 aromatic carbocycles. The maximum absolute atomic E-state index is 11.6. The molecule has 4 heteroatoms. The van der Waals surface area contributed by atoms with E-state index in [1.54, 1.807) is 0 Å². The summed E-state index contributed by atoms with van der Waals surface area (Å²) in [5, 5.41) is 0. The second kappa shape index (κ2) is 4.96. The van der Waals surface area contributed by atoms with E-state index in [1.165, 1.54) is 18.9 Å². The van der Waals surface area contributed by atoms with Crippen LogP contribution in [-0.4, -0.2) is 29.9 Å². The molecule has 0 aromatic heterocycles. The van der Waals surface area contributed by atoms with E-state index in [4.69, 9.17) is 4.74 Å². The molecule has 1 unspecified atom stereocenters. The molecule has 1 aliphatic rings. The molecule has 0 radical (unpaired) electrons. The minimum atomic E-state index is -0.514. The van der Waals surface area contributed by atoms with Gasteiger partial charge in [-0.25, -0.2) is 4.79 Å². The Bertz CT molecular complexity index is 368. The largest absolute Gasteiger partial charge is 0.467 e. The van der Waals surface area contributed by atoms with E-state index < -0.39 is 6.04 Å². The first-order valence-corrected chi connectivity index (χ1v) is 5.26. The van der Waals surface area contributed by atoms with Gasteiger partial charge in [0.2, 0.25) is 5.91 Å². The molecule has 88 valence electrons. The standard InChI is InChI=1S/C12H17NO3/c1-5-9-7-11(12(15)16-4)13(8(3)14)10(9)6-2/h5-6,11H,7H2,1-4H3/b9-5-,10-6+. The summed E-state index contributed by atoms with van der Waals surface area (Å²) in [5.41, 5.74) is 1.82. The molecule has 0 spiro atoms. The molecule has 0 aromatic rings. The van der Waals surface area contributed by atoms with E-state index in [0.717, 1.165) is 11.3 Å². The maximum Gasteiger partial charge on any atom is 0.329 e. The molecule has 1 rings (SSSR count). The summed E-state index contributed by atoms with van der Waals surface area (Å²) in [4.78, 5) is 24.6. The van der Waals surface area contributed by atoms with Crippen molar-refractivity contribution in [3.8, 4) is 0 Å². The number of amides is 1. The van der Waals surface area contributed by atoms with Gasteiger partial charge >= 0.3 is 5.97 Å². The van der Waals surface area contributed by atoms with Crippen molar-refractivity contribution in [2.75, 3.05) is 7.11 Å². The normalized spacial score (nSPS) is 25.2. The fraction of sp³-hybridized carbons (Fsp3) is 0.500. The first kappa shape index (κ1) is 12.5. The van der Waals surface area contributed by atoms with Crippen molar-refractivity contribution in [1.29, 1.82) is 0 Å². The number of likely N-dealkylation sites (tertiary alicyclic amines) is 1. The monoisotopic (exact) mass is 223 g/mol. The Hall–Kier alpha value is -1.58. The molecule has 1 atom stereocenters. The van der Waals surface area contributed by atoms with Crippen LogP contribution >= 0.6 is 0 Å². The molecule has 0 aliphatic carbocycles. The third-order valence-corrected chi connectivity index (χ3v) is 2.75. The summed E-state index contributed by atoms with van der Waals surface area (Å²) in [6, 6.07) is -0.514. The summed E-state index contributed by atoms with van der Waals surface area (Å²) >= 11 is 0. The molecule has 1 saturated heterocycles. The third kappa shape index (κ3) is 2.01. The number of methoxy groups -OCH3 is 1. The quantitative estimate of drug-likeness (QED) is 0.635. The average molecular weight is 223 g/mol. The molecular formula is C12H17NO3. The molecule has 0 bridgehead atoms. The zero-order valence-corrected chi connectivity index (χ0v) is 10.1. The first-order valence-electron chi connectivity index (χ1n) is 5.26. The number of esters is 1. The van der Waals surface area contributed by atoms with Gasteiger partial charge in [-0.1, -0.05) is 12.2 Å². The van der Waals surface area contributed by atoms with Gasteiger partial charge in [-0.15, -0.1) is 0 Å². The number of allylic oxidation sites excluding steroid dienone is 3. The van der Waals surface area contributed by atoms with Crippen molar-refractivity contribution < 1.29 is 14.3 Å². The fourth-order valence-corrected chi connectivity index (χ4v) is 2.03. The topological polar surface area (TPSA) is 46.6 Å². The number of rotatable bonds is 1. The van der Waals surface area contributed by atoms with Crippen LogP contribution in [0.2, 0.25) is 0 Å². The van der Waals surface area contributed by atoms with Gasteiger partial charge in [-0.2, -0.15) is 0 Å².